The van der Waals surface area contributed by atoms with E-state index in [9.17, 15) is 5.11 Å². The molecule has 2 rings (SSSR count). The minimum Gasteiger partial charge on any atom is -0.488 e. The third-order valence-electron chi connectivity index (χ3n) is 2.65. The van der Waals surface area contributed by atoms with Gasteiger partial charge in [0, 0.05) is 17.3 Å². The molecular formula is C14H14ClNO2. The maximum absolute atomic E-state index is 9.32. The molecule has 1 aromatic heterocycles. The van der Waals surface area contributed by atoms with Gasteiger partial charge in [-0.3, -0.25) is 0 Å². The number of ether oxygens (including phenoxy) is 1. The first-order valence-electron chi connectivity index (χ1n) is 5.64. The number of pyridine rings is 1. The molecule has 1 aromatic carbocycles. The Morgan fingerprint density at radius 1 is 1.28 bits per heavy atom. The van der Waals surface area contributed by atoms with Gasteiger partial charge in [-0.15, -0.1) is 0 Å². The first kappa shape index (κ1) is 12.9. The number of aryl methyl sites for hydroxylation is 1. The smallest absolute Gasteiger partial charge is 0.133 e. The van der Waals surface area contributed by atoms with Gasteiger partial charge in [-0.05, 0) is 12.5 Å². The van der Waals surface area contributed by atoms with E-state index in [0.29, 0.717) is 28.8 Å². The molecule has 94 valence electrons. The van der Waals surface area contributed by atoms with Gasteiger partial charge in [0.1, 0.15) is 17.5 Å². The Balaban J connectivity index is 2.18. The molecule has 18 heavy (non-hydrogen) atoms. The van der Waals surface area contributed by atoms with Crippen LogP contribution in [0.25, 0.3) is 0 Å². The van der Waals surface area contributed by atoms with Gasteiger partial charge in [-0.2, -0.15) is 0 Å². The zero-order valence-corrected chi connectivity index (χ0v) is 10.8. The molecule has 0 saturated carbocycles. The van der Waals surface area contributed by atoms with Gasteiger partial charge < -0.3 is 9.84 Å². The number of hydrogen-bond donors (Lipinski definition) is 1. The van der Waals surface area contributed by atoms with Gasteiger partial charge >= 0.3 is 0 Å². The van der Waals surface area contributed by atoms with E-state index in [2.05, 4.69) is 4.98 Å². The second-order valence-corrected chi connectivity index (χ2v) is 4.33. The molecule has 0 aliphatic rings. The summed E-state index contributed by atoms with van der Waals surface area (Å²) in [7, 11) is 0. The van der Waals surface area contributed by atoms with Crippen molar-refractivity contribution < 1.29 is 9.84 Å². The van der Waals surface area contributed by atoms with Gasteiger partial charge in [-0.25, -0.2) is 4.98 Å². The standard InChI is InChI=1S/C14H14ClNO2/c1-10-12(8-17)13(7-14(15)16-10)18-9-11-5-3-2-4-6-11/h2-7,17H,8-9H2,1H3. The Labute approximate surface area is 111 Å². The summed E-state index contributed by atoms with van der Waals surface area (Å²) in [4.78, 5) is 4.09. The Bertz CT molecular complexity index is 529. The van der Waals surface area contributed by atoms with Crippen LogP contribution in [0.15, 0.2) is 36.4 Å². The van der Waals surface area contributed by atoms with Crippen molar-refractivity contribution in [1.82, 2.24) is 4.98 Å². The molecule has 0 unspecified atom stereocenters. The topological polar surface area (TPSA) is 42.4 Å². The molecule has 2 aromatic rings. The lowest BCUT2D eigenvalue weighted by Gasteiger charge is -2.12. The highest BCUT2D eigenvalue weighted by atomic mass is 35.5. The lowest BCUT2D eigenvalue weighted by atomic mass is 10.2. The molecule has 0 fully saturated rings. The predicted molar refractivity (Wildman–Crippen MR) is 70.7 cm³/mol. The molecule has 0 amide bonds. The fourth-order valence-corrected chi connectivity index (χ4v) is 1.92. The van der Waals surface area contributed by atoms with E-state index in [1.165, 1.54) is 0 Å². The molecule has 0 atom stereocenters. The quantitative estimate of drug-likeness (QED) is 0.862. The summed E-state index contributed by atoms with van der Waals surface area (Å²) in [6, 6.07) is 11.5. The summed E-state index contributed by atoms with van der Waals surface area (Å²) < 4.78 is 5.69. The van der Waals surface area contributed by atoms with Gasteiger partial charge in [0.05, 0.1) is 6.61 Å². The Morgan fingerprint density at radius 3 is 2.67 bits per heavy atom. The van der Waals surface area contributed by atoms with E-state index < -0.39 is 0 Å². The third kappa shape index (κ3) is 3.00. The van der Waals surface area contributed by atoms with Crippen molar-refractivity contribution in [1.29, 1.82) is 0 Å². The van der Waals surface area contributed by atoms with Crippen molar-refractivity contribution in [3.63, 3.8) is 0 Å². The van der Waals surface area contributed by atoms with E-state index in [4.69, 9.17) is 16.3 Å². The van der Waals surface area contributed by atoms with Crippen LogP contribution >= 0.6 is 11.6 Å². The summed E-state index contributed by atoms with van der Waals surface area (Å²) in [6.07, 6.45) is 0. The molecule has 1 N–H and O–H groups in total. The van der Waals surface area contributed by atoms with Crippen molar-refractivity contribution in [2.75, 3.05) is 0 Å². The van der Waals surface area contributed by atoms with Gasteiger partial charge in [-0.1, -0.05) is 41.9 Å². The van der Waals surface area contributed by atoms with Crippen LogP contribution in [0, 0.1) is 6.92 Å². The first-order chi connectivity index (χ1) is 8.70. The van der Waals surface area contributed by atoms with Crippen molar-refractivity contribution in [2.45, 2.75) is 20.1 Å². The molecule has 0 aliphatic carbocycles. The predicted octanol–water partition coefficient (Wildman–Crippen LogP) is 3.11. The summed E-state index contributed by atoms with van der Waals surface area (Å²) in [5.74, 6) is 0.582. The Morgan fingerprint density at radius 2 is 2.00 bits per heavy atom. The highest BCUT2D eigenvalue weighted by molar-refractivity contribution is 6.29. The van der Waals surface area contributed by atoms with Crippen LogP contribution < -0.4 is 4.74 Å². The number of benzene rings is 1. The minimum atomic E-state index is -0.111. The average molecular weight is 264 g/mol. The molecule has 3 nitrogen and oxygen atoms in total. The van der Waals surface area contributed by atoms with Crippen molar-refractivity contribution >= 4 is 11.6 Å². The molecule has 0 radical (unpaired) electrons. The summed E-state index contributed by atoms with van der Waals surface area (Å²) in [6.45, 7) is 2.13. The first-order valence-corrected chi connectivity index (χ1v) is 6.02. The molecule has 0 bridgehead atoms. The van der Waals surface area contributed by atoms with Crippen LogP contribution in [0.1, 0.15) is 16.8 Å². The monoisotopic (exact) mass is 263 g/mol. The number of aliphatic hydroxyl groups is 1. The van der Waals surface area contributed by atoms with Gasteiger partial charge in [0.2, 0.25) is 0 Å². The number of halogens is 1. The van der Waals surface area contributed by atoms with Crippen LogP contribution in [0.5, 0.6) is 5.75 Å². The Kier molecular flexibility index (Phi) is 4.18. The SMILES string of the molecule is Cc1nc(Cl)cc(OCc2ccccc2)c1CO. The zero-order valence-electron chi connectivity index (χ0n) is 10.1. The number of nitrogens with zero attached hydrogens (tertiary/aromatic N) is 1. The molecular weight excluding hydrogens is 250 g/mol. The van der Waals surface area contributed by atoms with Crippen molar-refractivity contribution in [3.05, 3.63) is 58.4 Å². The average Bonchev–Trinajstić information content (AvgIpc) is 2.37. The van der Waals surface area contributed by atoms with Crippen LogP contribution in [0.3, 0.4) is 0 Å². The van der Waals surface area contributed by atoms with E-state index in [-0.39, 0.29) is 6.61 Å². The Hall–Kier alpha value is -1.58. The number of aliphatic hydroxyl groups excluding tert-OH is 1. The molecule has 1 heterocycles. The van der Waals surface area contributed by atoms with E-state index in [1.54, 1.807) is 13.0 Å². The second-order valence-electron chi connectivity index (χ2n) is 3.94. The molecule has 0 aliphatic heterocycles. The van der Waals surface area contributed by atoms with Crippen LogP contribution in [-0.4, -0.2) is 10.1 Å². The molecule has 0 spiro atoms. The van der Waals surface area contributed by atoms with E-state index >= 15 is 0 Å². The minimum absolute atomic E-state index is 0.111. The van der Waals surface area contributed by atoms with Gasteiger partial charge in [0.15, 0.2) is 0 Å². The largest absolute Gasteiger partial charge is 0.488 e. The number of rotatable bonds is 4. The molecule has 0 saturated heterocycles. The summed E-state index contributed by atoms with van der Waals surface area (Å²) in [5, 5.41) is 9.69. The highest BCUT2D eigenvalue weighted by Crippen LogP contribution is 2.25. The van der Waals surface area contributed by atoms with Crippen molar-refractivity contribution in [2.24, 2.45) is 0 Å². The maximum Gasteiger partial charge on any atom is 0.133 e. The molecule has 4 heteroatoms. The summed E-state index contributed by atoms with van der Waals surface area (Å²) in [5.41, 5.74) is 2.43. The van der Waals surface area contributed by atoms with Gasteiger partial charge in [0.25, 0.3) is 0 Å². The van der Waals surface area contributed by atoms with Crippen LogP contribution in [-0.2, 0) is 13.2 Å². The fourth-order valence-electron chi connectivity index (χ4n) is 1.69. The second kappa shape index (κ2) is 5.85. The van der Waals surface area contributed by atoms with E-state index in [0.717, 1.165) is 5.56 Å². The summed E-state index contributed by atoms with van der Waals surface area (Å²) >= 11 is 5.89. The zero-order chi connectivity index (χ0) is 13.0. The lowest BCUT2D eigenvalue weighted by Crippen LogP contribution is -2.02. The maximum atomic E-state index is 9.32. The lowest BCUT2D eigenvalue weighted by molar-refractivity contribution is 0.257. The third-order valence-corrected chi connectivity index (χ3v) is 2.85. The normalized spacial score (nSPS) is 10.4. The van der Waals surface area contributed by atoms with Crippen LogP contribution in [0.2, 0.25) is 5.15 Å². The van der Waals surface area contributed by atoms with Crippen LogP contribution in [0.4, 0.5) is 0 Å². The van der Waals surface area contributed by atoms with Crippen molar-refractivity contribution in [3.8, 4) is 5.75 Å². The number of hydrogen-bond acceptors (Lipinski definition) is 3. The fraction of sp³-hybridized carbons (Fsp3) is 0.214. The number of aromatic nitrogens is 1. The highest BCUT2D eigenvalue weighted by Gasteiger charge is 2.09. The van der Waals surface area contributed by atoms with E-state index in [1.807, 2.05) is 30.3 Å².